The van der Waals surface area contributed by atoms with Crippen LogP contribution in [0.15, 0.2) is 47.5 Å². The second-order valence-corrected chi connectivity index (χ2v) is 7.07. The van der Waals surface area contributed by atoms with Gasteiger partial charge in [-0.1, -0.05) is 30.3 Å². The van der Waals surface area contributed by atoms with Crippen LogP contribution < -0.4 is 9.47 Å². The average molecular weight is 351 g/mol. The predicted octanol–water partition coefficient (Wildman–Crippen LogP) is 5.57. The number of hydrogen-bond acceptors (Lipinski definition) is 3. The van der Waals surface area contributed by atoms with Crippen LogP contribution in [0.2, 0.25) is 0 Å². The van der Waals surface area contributed by atoms with Crippen molar-refractivity contribution in [1.29, 1.82) is 0 Å². The Bertz CT molecular complexity index is 752. The molecule has 1 aliphatic carbocycles. The minimum absolute atomic E-state index is 0.584. The lowest BCUT2D eigenvalue weighted by Crippen LogP contribution is -2.12. The minimum atomic E-state index is 0.584. The first-order valence-corrected chi connectivity index (χ1v) is 9.50. The molecule has 0 heterocycles. The van der Waals surface area contributed by atoms with E-state index in [1.165, 1.54) is 35.2 Å². The van der Waals surface area contributed by atoms with E-state index in [0.29, 0.717) is 5.92 Å². The summed E-state index contributed by atoms with van der Waals surface area (Å²) in [5.41, 5.74) is 5.36. The molecular formula is C23H29NO2. The van der Waals surface area contributed by atoms with Crippen molar-refractivity contribution in [2.45, 2.75) is 51.5 Å². The summed E-state index contributed by atoms with van der Waals surface area (Å²) in [6, 6.07) is 14.8. The molecular weight excluding hydrogens is 322 g/mol. The number of benzene rings is 2. The van der Waals surface area contributed by atoms with Gasteiger partial charge < -0.3 is 9.47 Å². The molecule has 3 rings (SSSR count). The zero-order valence-electron chi connectivity index (χ0n) is 16.1. The number of hydrogen-bond donors (Lipinski definition) is 0. The molecule has 2 aromatic rings. The van der Waals surface area contributed by atoms with Crippen LogP contribution in [0.3, 0.4) is 0 Å². The number of aliphatic imine (C=N–C) groups is 1. The molecule has 3 heteroatoms. The van der Waals surface area contributed by atoms with Crippen LogP contribution in [0.25, 0.3) is 0 Å². The van der Waals surface area contributed by atoms with E-state index in [4.69, 9.17) is 14.5 Å². The van der Waals surface area contributed by atoms with Crippen molar-refractivity contribution in [2.75, 3.05) is 14.2 Å². The molecule has 26 heavy (non-hydrogen) atoms. The van der Waals surface area contributed by atoms with Crippen molar-refractivity contribution < 1.29 is 9.47 Å². The quantitative estimate of drug-likeness (QED) is 0.611. The lowest BCUT2D eigenvalue weighted by atomic mass is 9.80. The number of rotatable bonds is 7. The normalized spacial score (nSPS) is 16.9. The molecule has 0 N–H and O–H groups in total. The van der Waals surface area contributed by atoms with Crippen LogP contribution in [0.5, 0.6) is 11.5 Å². The van der Waals surface area contributed by atoms with Gasteiger partial charge in [0.25, 0.3) is 0 Å². The fraction of sp³-hybridized carbons (Fsp3) is 0.435. The Morgan fingerprint density at radius 3 is 2.54 bits per heavy atom. The van der Waals surface area contributed by atoms with E-state index in [1.54, 1.807) is 14.2 Å². The molecule has 2 aromatic carbocycles. The second kappa shape index (κ2) is 8.88. The van der Waals surface area contributed by atoms with E-state index >= 15 is 0 Å². The molecule has 0 saturated heterocycles. The second-order valence-electron chi connectivity index (χ2n) is 7.07. The Morgan fingerprint density at radius 2 is 1.81 bits per heavy atom. The van der Waals surface area contributed by atoms with Gasteiger partial charge in [0, 0.05) is 5.71 Å². The summed E-state index contributed by atoms with van der Waals surface area (Å²) in [5, 5.41) is 0. The topological polar surface area (TPSA) is 30.8 Å². The van der Waals surface area contributed by atoms with Crippen LogP contribution in [-0.2, 0) is 13.0 Å². The highest BCUT2D eigenvalue weighted by atomic mass is 16.5. The number of fused-ring (bicyclic) bond motifs is 1. The minimum Gasteiger partial charge on any atom is -0.493 e. The predicted molar refractivity (Wildman–Crippen MR) is 108 cm³/mol. The van der Waals surface area contributed by atoms with Gasteiger partial charge in [0.2, 0.25) is 0 Å². The van der Waals surface area contributed by atoms with Gasteiger partial charge in [-0.05, 0) is 73.8 Å². The largest absolute Gasteiger partial charge is 0.493 e. The van der Waals surface area contributed by atoms with Crippen LogP contribution in [0, 0.1) is 0 Å². The van der Waals surface area contributed by atoms with E-state index in [9.17, 15) is 0 Å². The van der Waals surface area contributed by atoms with Crippen molar-refractivity contribution in [3.63, 3.8) is 0 Å². The molecule has 0 spiro atoms. The number of ether oxygens (including phenoxy) is 2. The molecule has 1 atom stereocenters. The molecule has 0 aliphatic heterocycles. The lowest BCUT2D eigenvalue weighted by Gasteiger charge is -2.27. The third-order valence-corrected chi connectivity index (χ3v) is 5.31. The summed E-state index contributed by atoms with van der Waals surface area (Å²) in [6.45, 7) is 2.93. The fourth-order valence-electron chi connectivity index (χ4n) is 3.80. The van der Waals surface area contributed by atoms with E-state index in [1.807, 2.05) is 6.07 Å². The van der Waals surface area contributed by atoms with Gasteiger partial charge in [-0.15, -0.1) is 0 Å². The first-order chi connectivity index (χ1) is 12.7. The highest BCUT2D eigenvalue weighted by Gasteiger charge is 2.22. The van der Waals surface area contributed by atoms with Gasteiger partial charge in [-0.3, -0.25) is 4.99 Å². The lowest BCUT2D eigenvalue weighted by molar-refractivity contribution is 0.352. The molecule has 0 bridgehead atoms. The van der Waals surface area contributed by atoms with Gasteiger partial charge >= 0.3 is 0 Å². The van der Waals surface area contributed by atoms with Crippen molar-refractivity contribution in [1.82, 2.24) is 0 Å². The SMILES string of the molecule is COc1cc2c(cc1OC)[C@@H](CCC(C)=NCc1ccccc1)CCC2. The molecule has 0 unspecified atom stereocenters. The van der Waals surface area contributed by atoms with Crippen LogP contribution in [0.4, 0.5) is 0 Å². The summed E-state index contributed by atoms with van der Waals surface area (Å²) in [6.07, 6.45) is 5.81. The highest BCUT2D eigenvalue weighted by molar-refractivity contribution is 5.81. The maximum Gasteiger partial charge on any atom is 0.161 e. The van der Waals surface area contributed by atoms with Crippen molar-refractivity contribution >= 4 is 5.71 Å². The first kappa shape index (κ1) is 18.5. The van der Waals surface area contributed by atoms with E-state index < -0.39 is 0 Å². The van der Waals surface area contributed by atoms with Gasteiger partial charge in [0.1, 0.15) is 0 Å². The van der Waals surface area contributed by atoms with Crippen molar-refractivity contribution in [2.24, 2.45) is 4.99 Å². The van der Waals surface area contributed by atoms with E-state index in [2.05, 4.69) is 43.3 Å². The van der Waals surface area contributed by atoms with E-state index in [0.717, 1.165) is 37.3 Å². The van der Waals surface area contributed by atoms with Gasteiger partial charge in [-0.2, -0.15) is 0 Å². The molecule has 3 nitrogen and oxygen atoms in total. The first-order valence-electron chi connectivity index (χ1n) is 9.50. The van der Waals surface area contributed by atoms with E-state index in [-0.39, 0.29) is 0 Å². The average Bonchev–Trinajstić information content (AvgIpc) is 2.70. The molecule has 0 aromatic heterocycles. The van der Waals surface area contributed by atoms with Gasteiger partial charge in [-0.25, -0.2) is 0 Å². The Balaban J connectivity index is 1.66. The zero-order chi connectivity index (χ0) is 18.4. The van der Waals surface area contributed by atoms with Crippen molar-refractivity contribution in [3.05, 3.63) is 59.2 Å². The monoisotopic (exact) mass is 351 g/mol. The van der Waals surface area contributed by atoms with Gasteiger partial charge in [0.15, 0.2) is 11.5 Å². The molecule has 0 saturated carbocycles. The summed E-state index contributed by atoms with van der Waals surface area (Å²) in [4.78, 5) is 4.77. The third kappa shape index (κ3) is 4.46. The molecule has 0 fully saturated rings. The summed E-state index contributed by atoms with van der Waals surface area (Å²) < 4.78 is 11.0. The van der Waals surface area contributed by atoms with Crippen LogP contribution in [-0.4, -0.2) is 19.9 Å². The zero-order valence-corrected chi connectivity index (χ0v) is 16.1. The standard InChI is InChI=1S/C23H29NO2/c1-17(24-16-18-8-5-4-6-9-18)12-13-19-10-7-11-20-14-22(25-2)23(26-3)15-21(19)20/h4-6,8-9,14-15,19H,7,10-13,16H2,1-3H3/t19-/m1/s1. The molecule has 0 amide bonds. The Morgan fingerprint density at radius 1 is 1.08 bits per heavy atom. The summed E-state index contributed by atoms with van der Waals surface area (Å²) >= 11 is 0. The highest BCUT2D eigenvalue weighted by Crippen LogP contribution is 2.40. The Hall–Kier alpha value is -2.29. The molecule has 1 aliphatic rings. The summed E-state index contributed by atoms with van der Waals surface area (Å²) in [5.74, 6) is 2.26. The Kier molecular flexibility index (Phi) is 6.32. The third-order valence-electron chi connectivity index (χ3n) is 5.31. The molecule has 138 valence electrons. The number of aryl methyl sites for hydroxylation is 1. The Labute approximate surface area is 157 Å². The van der Waals surface area contributed by atoms with Crippen LogP contribution >= 0.6 is 0 Å². The van der Waals surface area contributed by atoms with Crippen molar-refractivity contribution in [3.8, 4) is 11.5 Å². The molecule has 0 radical (unpaired) electrons. The number of methoxy groups -OCH3 is 2. The van der Waals surface area contributed by atoms with Crippen LogP contribution in [0.1, 0.15) is 55.2 Å². The maximum absolute atomic E-state index is 5.52. The van der Waals surface area contributed by atoms with Gasteiger partial charge in [0.05, 0.1) is 20.8 Å². The maximum atomic E-state index is 5.52. The number of nitrogens with zero attached hydrogens (tertiary/aromatic N) is 1. The smallest absolute Gasteiger partial charge is 0.161 e. The summed E-state index contributed by atoms with van der Waals surface area (Å²) in [7, 11) is 3.42. The fourth-order valence-corrected chi connectivity index (χ4v) is 3.80.